The van der Waals surface area contributed by atoms with E-state index >= 15 is 0 Å². The molecule has 0 amide bonds. The van der Waals surface area contributed by atoms with E-state index in [0.29, 0.717) is 0 Å². The normalized spacial score (nSPS) is 12.1. The second kappa shape index (κ2) is 5.70. The molecule has 1 aromatic rings. The monoisotopic (exact) mass is 207 g/mol. The minimum atomic E-state index is 0.129. The summed E-state index contributed by atoms with van der Waals surface area (Å²) in [5.74, 6) is 2.59. The van der Waals surface area contributed by atoms with Gasteiger partial charge in [0.15, 0.2) is 0 Å². The molecule has 0 heterocycles. The first-order chi connectivity index (χ1) is 6.72. The van der Waals surface area contributed by atoms with Crippen LogP contribution in [0.4, 0.5) is 0 Å². The lowest BCUT2D eigenvalue weighted by atomic mass is 10.0. The Hall–Kier alpha value is -0.970. The van der Waals surface area contributed by atoms with Crippen molar-refractivity contribution in [2.45, 2.75) is 25.3 Å². The predicted octanol–water partition coefficient (Wildman–Crippen LogP) is 2.62. The third kappa shape index (κ3) is 3.83. The van der Waals surface area contributed by atoms with Crippen molar-refractivity contribution < 1.29 is 0 Å². The van der Waals surface area contributed by atoms with Crippen LogP contribution in [0.15, 0.2) is 24.3 Å². The first-order valence-electron chi connectivity index (χ1n) is 4.66. The first-order valence-corrected chi connectivity index (χ1v) is 5.03. The molecule has 0 radical (unpaired) electrons. The summed E-state index contributed by atoms with van der Waals surface area (Å²) in [6.45, 7) is 0. The van der Waals surface area contributed by atoms with Gasteiger partial charge in [0.2, 0.25) is 0 Å². The highest BCUT2D eigenvalue weighted by Gasteiger charge is 2.03. The predicted molar refractivity (Wildman–Crippen MR) is 61.2 cm³/mol. The van der Waals surface area contributed by atoms with Crippen LogP contribution in [-0.4, -0.2) is 6.04 Å². The summed E-state index contributed by atoms with van der Waals surface area (Å²) in [5.41, 5.74) is 7.07. The Morgan fingerprint density at radius 2 is 2.29 bits per heavy atom. The van der Waals surface area contributed by atoms with Crippen LogP contribution in [0.1, 0.15) is 18.4 Å². The Labute approximate surface area is 90.3 Å². The molecule has 0 saturated carbocycles. The summed E-state index contributed by atoms with van der Waals surface area (Å²) in [5, 5.41) is 0.756. The van der Waals surface area contributed by atoms with Gasteiger partial charge in [-0.25, -0.2) is 0 Å². The Kier molecular flexibility index (Phi) is 4.52. The highest BCUT2D eigenvalue weighted by Crippen LogP contribution is 2.12. The summed E-state index contributed by atoms with van der Waals surface area (Å²) in [6, 6.07) is 7.90. The molecule has 0 aromatic heterocycles. The molecule has 1 unspecified atom stereocenters. The van der Waals surface area contributed by atoms with E-state index in [2.05, 4.69) is 5.92 Å². The molecular formula is C12H14ClN. The van der Waals surface area contributed by atoms with Crippen molar-refractivity contribution in [3.63, 3.8) is 0 Å². The molecule has 1 nitrogen and oxygen atoms in total. The summed E-state index contributed by atoms with van der Waals surface area (Å²) < 4.78 is 0. The quantitative estimate of drug-likeness (QED) is 0.755. The maximum absolute atomic E-state index is 5.90. The van der Waals surface area contributed by atoms with Crippen molar-refractivity contribution in [1.82, 2.24) is 0 Å². The maximum atomic E-state index is 5.90. The highest BCUT2D eigenvalue weighted by atomic mass is 35.5. The minimum Gasteiger partial charge on any atom is -0.327 e. The fourth-order valence-electron chi connectivity index (χ4n) is 1.34. The van der Waals surface area contributed by atoms with E-state index in [0.717, 1.165) is 24.3 Å². The van der Waals surface area contributed by atoms with Crippen LogP contribution in [0.25, 0.3) is 0 Å². The standard InChI is InChI=1S/C12H14ClN/c1-2-3-7-12(14)9-10-5-4-6-11(13)8-10/h1,4-6,8,12H,3,7,9,14H2. The fraction of sp³-hybridized carbons (Fsp3) is 0.333. The zero-order chi connectivity index (χ0) is 10.4. The Morgan fingerprint density at radius 1 is 1.50 bits per heavy atom. The van der Waals surface area contributed by atoms with Gasteiger partial charge in [0, 0.05) is 17.5 Å². The maximum Gasteiger partial charge on any atom is 0.0408 e. The SMILES string of the molecule is C#CCCC(N)Cc1cccc(Cl)c1. The molecule has 0 spiro atoms. The minimum absolute atomic E-state index is 0.129. The van der Waals surface area contributed by atoms with E-state index in [1.807, 2.05) is 24.3 Å². The van der Waals surface area contributed by atoms with Gasteiger partial charge in [0.25, 0.3) is 0 Å². The Morgan fingerprint density at radius 3 is 2.93 bits per heavy atom. The summed E-state index contributed by atoms with van der Waals surface area (Å²) >= 11 is 5.86. The fourth-order valence-corrected chi connectivity index (χ4v) is 1.55. The van der Waals surface area contributed by atoms with E-state index in [9.17, 15) is 0 Å². The molecule has 1 rings (SSSR count). The van der Waals surface area contributed by atoms with E-state index in [1.54, 1.807) is 0 Å². The summed E-state index contributed by atoms with van der Waals surface area (Å²) in [7, 11) is 0. The first kappa shape index (κ1) is 11.1. The molecular weight excluding hydrogens is 194 g/mol. The van der Waals surface area contributed by atoms with Crippen molar-refractivity contribution in [1.29, 1.82) is 0 Å². The summed E-state index contributed by atoms with van der Waals surface area (Å²) in [6.07, 6.45) is 7.61. The van der Waals surface area contributed by atoms with Gasteiger partial charge >= 0.3 is 0 Å². The van der Waals surface area contributed by atoms with Crippen LogP contribution in [0.3, 0.4) is 0 Å². The molecule has 2 heteroatoms. The molecule has 0 aliphatic carbocycles. The largest absolute Gasteiger partial charge is 0.327 e. The van der Waals surface area contributed by atoms with Crippen molar-refractivity contribution in [2.75, 3.05) is 0 Å². The number of nitrogens with two attached hydrogens (primary N) is 1. The van der Waals surface area contributed by atoms with Crippen molar-refractivity contribution >= 4 is 11.6 Å². The Balaban J connectivity index is 2.48. The van der Waals surface area contributed by atoms with Crippen LogP contribution in [-0.2, 0) is 6.42 Å². The zero-order valence-electron chi connectivity index (χ0n) is 8.04. The zero-order valence-corrected chi connectivity index (χ0v) is 8.80. The molecule has 2 N–H and O–H groups in total. The number of halogens is 1. The van der Waals surface area contributed by atoms with Gasteiger partial charge in [0.05, 0.1) is 0 Å². The Bertz CT molecular complexity index is 327. The van der Waals surface area contributed by atoms with Gasteiger partial charge in [-0.3, -0.25) is 0 Å². The van der Waals surface area contributed by atoms with Crippen molar-refractivity contribution in [3.8, 4) is 12.3 Å². The number of rotatable bonds is 4. The molecule has 0 aliphatic heterocycles. The lowest BCUT2D eigenvalue weighted by Crippen LogP contribution is -2.22. The van der Waals surface area contributed by atoms with Crippen molar-refractivity contribution in [3.05, 3.63) is 34.9 Å². The van der Waals surface area contributed by atoms with E-state index in [4.69, 9.17) is 23.8 Å². The average molecular weight is 208 g/mol. The molecule has 74 valence electrons. The van der Waals surface area contributed by atoms with Gasteiger partial charge in [-0.15, -0.1) is 12.3 Å². The van der Waals surface area contributed by atoms with E-state index in [-0.39, 0.29) is 6.04 Å². The molecule has 1 aromatic carbocycles. The second-order valence-corrected chi connectivity index (χ2v) is 3.77. The average Bonchev–Trinajstić information content (AvgIpc) is 2.15. The van der Waals surface area contributed by atoms with Crippen LogP contribution in [0.5, 0.6) is 0 Å². The van der Waals surface area contributed by atoms with Crippen LogP contribution in [0, 0.1) is 12.3 Å². The third-order valence-electron chi connectivity index (χ3n) is 2.05. The number of hydrogen-bond donors (Lipinski definition) is 1. The van der Waals surface area contributed by atoms with Crippen molar-refractivity contribution in [2.24, 2.45) is 5.73 Å². The van der Waals surface area contributed by atoms with Gasteiger partial charge < -0.3 is 5.73 Å². The smallest absolute Gasteiger partial charge is 0.0408 e. The number of hydrogen-bond acceptors (Lipinski definition) is 1. The lowest BCUT2D eigenvalue weighted by molar-refractivity contribution is 0.623. The number of benzene rings is 1. The van der Waals surface area contributed by atoms with Crippen LogP contribution in [0.2, 0.25) is 5.02 Å². The third-order valence-corrected chi connectivity index (χ3v) is 2.28. The second-order valence-electron chi connectivity index (χ2n) is 3.34. The van der Waals surface area contributed by atoms with Gasteiger partial charge in [-0.1, -0.05) is 23.7 Å². The summed E-state index contributed by atoms with van der Waals surface area (Å²) in [4.78, 5) is 0. The van der Waals surface area contributed by atoms with E-state index in [1.165, 1.54) is 5.56 Å². The van der Waals surface area contributed by atoms with Gasteiger partial charge in [0.1, 0.15) is 0 Å². The molecule has 0 fully saturated rings. The van der Waals surface area contributed by atoms with Crippen LogP contribution >= 0.6 is 11.6 Å². The molecule has 14 heavy (non-hydrogen) atoms. The lowest BCUT2D eigenvalue weighted by Gasteiger charge is -2.09. The number of terminal acetylenes is 1. The van der Waals surface area contributed by atoms with Crippen LogP contribution < -0.4 is 5.73 Å². The van der Waals surface area contributed by atoms with Gasteiger partial charge in [-0.2, -0.15) is 0 Å². The molecule has 1 atom stereocenters. The molecule has 0 saturated heterocycles. The molecule has 0 aliphatic rings. The van der Waals surface area contributed by atoms with Gasteiger partial charge in [-0.05, 0) is 30.5 Å². The molecule has 0 bridgehead atoms. The van der Waals surface area contributed by atoms with E-state index < -0.39 is 0 Å². The topological polar surface area (TPSA) is 26.0 Å². The highest BCUT2D eigenvalue weighted by molar-refractivity contribution is 6.30.